The molecule has 0 saturated heterocycles. The van der Waals surface area contributed by atoms with Crippen molar-refractivity contribution in [3.63, 3.8) is 0 Å². The van der Waals surface area contributed by atoms with Gasteiger partial charge in [-0.1, -0.05) is 6.92 Å². The number of rotatable bonds is 8. The topological polar surface area (TPSA) is 43.3 Å². The smallest absolute Gasteiger partial charge is 0.377 e. The summed E-state index contributed by atoms with van der Waals surface area (Å²) in [5, 5.41) is 0. The Morgan fingerprint density at radius 2 is 1.94 bits per heavy atom. The van der Waals surface area contributed by atoms with Gasteiger partial charge in [-0.05, 0) is 12.8 Å². The Morgan fingerprint density at radius 1 is 1.29 bits per heavy atom. The Bertz CT molecular complexity index is 239. The first-order valence-corrected chi connectivity index (χ1v) is 8.05. The molecule has 0 saturated carbocycles. The molecule has 1 atom stereocenters. The van der Waals surface area contributed by atoms with Gasteiger partial charge < -0.3 is 13.3 Å². The van der Waals surface area contributed by atoms with Crippen LogP contribution in [0.4, 0.5) is 0 Å². The van der Waals surface area contributed by atoms with Crippen LogP contribution in [-0.2, 0) is 13.3 Å². The Morgan fingerprint density at radius 3 is 2.47 bits per heavy atom. The minimum absolute atomic E-state index is 0.360. The Labute approximate surface area is 105 Å². The molecule has 0 aliphatic carbocycles. The summed E-state index contributed by atoms with van der Waals surface area (Å²) in [6, 6.07) is 0.851. The lowest BCUT2D eigenvalue weighted by molar-refractivity contribution is 0.121. The molecule has 1 heterocycles. The summed E-state index contributed by atoms with van der Waals surface area (Å²) in [7, 11) is 2.59. The van der Waals surface area contributed by atoms with Gasteiger partial charge in [0.25, 0.3) is 0 Å². The molecule has 100 valence electrons. The lowest BCUT2D eigenvalue weighted by atomic mass is 10.3. The number of hydrogen-bond donors (Lipinski definition) is 0. The van der Waals surface area contributed by atoms with E-state index in [-0.39, 0.29) is 0 Å². The van der Waals surface area contributed by atoms with Gasteiger partial charge in [0, 0.05) is 46.7 Å². The number of hydrogen-bond acceptors (Lipinski definition) is 5. The fourth-order valence-corrected chi connectivity index (χ4v) is 3.85. The van der Waals surface area contributed by atoms with Crippen molar-refractivity contribution in [2.24, 2.45) is 4.99 Å². The summed E-state index contributed by atoms with van der Waals surface area (Å²) >= 11 is 0. The molecule has 0 aromatic rings. The summed E-state index contributed by atoms with van der Waals surface area (Å²) in [5.41, 5.74) is 0. The Balaban J connectivity index is 2.31. The predicted octanol–water partition coefficient (Wildman–Crippen LogP) is 1.38. The standard InChI is InChI=1S/C11H24N2O3Si/c1-5-11-12-7-9-13(11)8-6-10-17(14-2,15-3)16-4/h7,11H,5-6,8-10H2,1-4H3. The summed E-state index contributed by atoms with van der Waals surface area (Å²) in [5.74, 6) is 0. The van der Waals surface area contributed by atoms with Crippen LogP contribution in [0.25, 0.3) is 0 Å². The predicted molar refractivity (Wildman–Crippen MR) is 70.3 cm³/mol. The first kappa shape index (κ1) is 14.8. The van der Waals surface area contributed by atoms with E-state index in [0.29, 0.717) is 6.17 Å². The minimum atomic E-state index is -2.39. The molecule has 5 nitrogen and oxygen atoms in total. The van der Waals surface area contributed by atoms with E-state index in [4.69, 9.17) is 13.3 Å². The molecular formula is C11H24N2O3Si. The second-order valence-corrected chi connectivity index (χ2v) is 7.21. The van der Waals surface area contributed by atoms with Crippen molar-refractivity contribution in [3.05, 3.63) is 0 Å². The molecule has 0 amide bonds. The zero-order valence-corrected chi connectivity index (χ0v) is 12.3. The van der Waals surface area contributed by atoms with E-state index in [2.05, 4.69) is 16.8 Å². The fraction of sp³-hybridized carbons (Fsp3) is 0.909. The van der Waals surface area contributed by atoms with E-state index in [9.17, 15) is 0 Å². The monoisotopic (exact) mass is 260 g/mol. The highest BCUT2D eigenvalue weighted by Gasteiger charge is 2.37. The number of aliphatic imine (C=N–C) groups is 1. The molecule has 0 N–H and O–H groups in total. The zero-order chi connectivity index (χ0) is 12.7. The van der Waals surface area contributed by atoms with Gasteiger partial charge >= 0.3 is 8.80 Å². The Hall–Kier alpha value is -0.273. The average Bonchev–Trinajstić information content (AvgIpc) is 2.83. The van der Waals surface area contributed by atoms with Gasteiger partial charge in [-0.2, -0.15) is 0 Å². The average molecular weight is 260 g/mol. The van der Waals surface area contributed by atoms with Crippen molar-refractivity contribution < 1.29 is 13.3 Å². The quantitative estimate of drug-likeness (QED) is 0.618. The summed E-state index contributed by atoms with van der Waals surface area (Å²) in [6.45, 7) is 4.14. The van der Waals surface area contributed by atoms with Crippen molar-refractivity contribution in [2.45, 2.75) is 32.0 Å². The summed E-state index contributed by atoms with van der Waals surface area (Å²) in [4.78, 5) is 6.80. The second-order valence-electron chi connectivity index (χ2n) is 4.11. The Kier molecular flexibility index (Phi) is 6.28. The minimum Gasteiger partial charge on any atom is -0.377 e. The van der Waals surface area contributed by atoms with Crippen LogP contribution in [0.3, 0.4) is 0 Å². The van der Waals surface area contributed by atoms with Gasteiger partial charge in [-0.3, -0.25) is 9.89 Å². The molecule has 1 rings (SSSR count). The third-order valence-corrected chi connectivity index (χ3v) is 6.07. The first-order valence-electron chi connectivity index (χ1n) is 6.12. The van der Waals surface area contributed by atoms with Crippen LogP contribution < -0.4 is 0 Å². The van der Waals surface area contributed by atoms with Gasteiger partial charge in [0.15, 0.2) is 0 Å². The van der Waals surface area contributed by atoms with Crippen molar-refractivity contribution in [2.75, 3.05) is 34.4 Å². The van der Waals surface area contributed by atoms with Crippen LogP contribution in [0.1, 0.15) is 19.8 Å². The largest absolute Gasteiger partial charge is 0.500 e. The van der Waals surface area contributed by atoms with E-state index < -0.39 is 8.80 Å². The third kappa shape index (κ3) is 3.85. The number of nitrogens with zero attached hydrogens (tertiary/aromatic N) is 2. The molecular weight excluding hydrogens is 236 g/mol. The molecule has 0 bridgehead atoms. The molecule has 0 spiro atoms. The zero-order valence-electron chi connectivity index (χ0n) is 11.3. The fourth-order valence-electron chi connectivity index (χ4n) is 2.15. The highest BCUT2D eigenvalue weighted by molar-refractivity contribution is 6.60. The highest BCUT2D eigenvalue weighted by atomic mass is 28.4. The van der Waals surface area contributed by atoms with E-state index in [0.717, 1.165) is 32.0 Å². The highest BCUT2D eigenvalue weighted by Crippen LogP contribution is 2.17. The van der Waals surface area contributed by atoms with Gasteiger partial charge in [0.2, 0.25) is 0 Å². The first-order chi connectivity index (χ1) is 8.21. The van der Waals surface area contributed by atoms with E-state index in [1.54, 1.807) is 21.3 Å². The summed E-state index contributed by atoms with van der Waals surface area (Å²) in [6.07, 6.45) is 4.44. The molecule has 0 aromatic heterocycles. The molecule has 0 fully saturated rings. The second kappa shape index (κ2) is 7.23. The lowest BCUT2D eigenvalue weighted by Crippen LogP contribution is -2.43. The molecule has 6 heteroatoms. The van der Waals surface area contributed by atoms with Crippen LogP contribution in [0.2, 0.25) is 6.04 Å². The normalized spacial score (nSPS) is 21.3. The molecule has 1 aliphatic heterocycles. The van der Waals surface area contributed by atoms with Gasteiger partial charge in [0.05, 0.1) is 0 Å². The molecule has 0 radical (unpaired) electrons. The van der Waals surface area contributed by atoms with Crippen LogP contribution in [0.5, 0.6) is 0 Å². The molecule has 17 heavy (non-hydrogen) atoms. The lowest BCUT2D eigenvalue weighted by Gasteiger charge is -2.26. The van der Waals surface area contributed by atoms with Gasteiger partial charge in [-0.15, -0.1) is 0 Å². The van der Waals surface area contributed by atoms with Crippen LogP contribution in [0, 0.1) is 0 Å². The molecule has 0 aromatic carbocycles. The summed E-state index contributed by atoms with van der Waals surface area (Å²) < 4.78 is 16.2. The maximum absolute atomic E-state index is 5.40. The van der Waals surface area contributed by atoms with E-state index in [1.165, 1.54) is 0 Å². The van der Waals surface area contributed by atoms with E-state index >= 15 is 0 Å². The van der Waals surface area contributed by atoms with E-state index in [1.807, 2.05) is 6.21 Å². The van der Waals surface area contributed by atoms with Crippen LogP contribution in [-0.4, -0.2) is 60.5 Å². The van der Waals surface area contributed by atoms with Gasteiger partial charge in [-0.25, -0.2) is 0 Å². The van der Waals surface area contributed by atoms with Crippen LogP contribution >= 0.6 is 0 Å². The molecule has 1 aliphatic rings. The third-order valence-electron chi connectivity index (χ3n) is 3.24. The molecule has 1 unspecified atom stereocenters. The van der Waals surface area contributed by atoms with Crippen molar-refractivity contribution >= 4 is 15.0 Å². The maximum atomic E-state index is 5.40. The van der Waals surface area contributed by atoms with Crippen molar-refractivity contribution in [3.8, 4) is 0 Å². The van der Waals surface area contributed by atoms with Crippen molar-refractivity contribution in [1.29, 1.82) is 0 Å². The van der Waals surface area contributed by atoms with Crippen molar-refractivity contribution in [1.82, 2.24) is 4.90 Å². The van der Waals surface area contributed by atoms with Crippen LogP contribution in [0.15, 0.2) is 4.99 Å². The van der Waals surface area contributed by atoms with Gasteiger partial charge in [0.1, 0.15) is 6.17 Å². The maximum Gasteiger partial charge on any atom is 0.500 e. The SMILES string of the molecule is CCC1N=CCN1CCC[Si](OC)(OC)OC.